The van der Waals surface area contributed by atoms with Crippen molar-refractivity contribution in [3.8, 4) is 10.7 Å². The maximum absolute atomic E-state index is 13.0. The van der Waals surface area contributed by atoms with Gasteiger partial charge < -0.3 is 10.3 Å². The predicted octanol–water partition coefficient (Wildman–Crippen LogP) is 3.20. The van der Waals surface area contributed by atoms with Crippen LogP contribution in [0.5, 0.6) is 0 Å². The van der Waals surface area contributed by atoms with E-state index >= 15 is 0 Å². The van der Waals surface area contributed by atoms with Gasteiger partial charge >= 0.3 is 0 Å². The first-order chi connectivity index (χ1) is 12.5. The molecule has 0 radical (unpaired) electrons. The van der Waals surface area contributed by atoms with E-state index in [1.165, 1.54) is 16.2 Å². The fourth-order valence-corrected chi connectivity index (χ4v) is 3.16. The van der Waals surface area contributed by atoms with Crippen LogP contribution in [0.4, 0.5) is 5.88 Å². The van der Waals surface area contributed by atoms with Crippen LogP contribution in [-0.4, -0.2) is 28.5 Å². The molecule has 0 fully saturated rings. The van der Waals surface area contributed by atoms with E-state index in [0.29, 0.717) is 17.1 Å². The molecule has 0 unspecified atom stereocenters. The minimum absolute atomic E-state index is 0.0465. The number of amides is 2. The van der Waals surface area contributed by atoms with Crippen molar-refractivity contribution in [3.05, 3.63) is 53.0 Å². The third-order valence-corrected chi connectivity index (χ3v) is 4.39. The van der Waals surface area contributed by atoms with Crippen molar-refractivity contribution >= 4 is 29.0 Å². The fourth-order valence-electron chi connectivity index (χ4n) is 2.53. The van der Waals surface area contributed by atoms with Gasteiger partial charge in [0.1, 0.15) is 10.6 Å². The molecule has 3 aromatic rings. The molecule has 1 aromatic carbocycles. The summed E-state index contributed by atoms with van der Waals surface area (Å²) in [5.41, 5.74) is 6.36. The lowest BCUT2D eigenvalue weighted by Crippen LogP contribution is -2.35. The van der Waals surface area contributed by atoms with Gasteiger partial charge in [0.2, 0.25) is 5.88 Å². The summed E-state index contributed by atoms with van der Waals surface area (Å²) in [7, 11) is 0. The van der Waals surface area contributed by atoms with Gasteiger partial charge in [-0.25, -0.2) is 4.98 Å². The molecule has 0 aliphatic heterocycles. The Bertz CT molecular complexity index is 904. The molecule has 0 saturated carbocycles. The number of nitrogens with zero attached hydrogens (tertiary/aromatic N) is 3. The van der Waals surface area contributed by atoms with Crippen LogP contribution < -0.4 is 10.6 Å². The fraction of sp³-hybridized carbons (Fsp3) is 0.222. The summed E-state index contributed by atoms with van der Waals surface area (Å²) >= 11 is 1.31. The number of carbonyl (C=O) groups excluding carboxylic acids is 2. The van der Waals surface area contributed by atoms with Gasteiger partial charge in [-0.05, 0) is 18.1 Å². The number of hydrogen-bond acceptors (Lipinski definition) is 6. The minimum atomic E-state index is -0.721. The van der Waals surface area contributed by atoms with Crippen LogP contribution in [0.15, 0.2) is 46.4 Å². The normalized spacial score (nSPS) is 10.9. The average molecular weight is 370 g/mol. The second kappa shape index (κ2) is 7.49. The van der Waals surface area contributed by atoms with Gasteiger partial charge in [-0.15, -0.1) is 11.3 Å². The van der Waals surface area contributed by atoms with Gasteiger partial charge in [0.05, 0.1) is 0 Å². The Balaban J connectivity index is 2.10. The van der Waals surface area contributed by atoms with E-state index in [4.69, 9.17) is 10.3 Å². The van der Waals surface area contributed by atoms with E-state index in [2.05, 4.69) is 10.1 Å². The van der Waals surface area contributed by atoms with E-state index in [-0.39, 0.29) is 29.0 Å². The van der Waals surface area contributed by atoms with Gasteiger partial charge in [0.25, 0.3) is 11.8 Å². The van der Waals surface area contributed by atoms with Crippen LogP contribution >= 0.6 is 11.3 Å². The Morgan fingerprint density at radius 3 is 2.58 bits per heavy atom. The summed E-state index contributed by atoms with van der Waals surface area (Å²) in [6, 6.07) is 8.79. The zero-order chi connectivity index (χ0) is 18.7. The molecule has 26 heavy (non-hydrogen) atoms. The zero-order valence-corrected chi connectivity index (χ0v) is 15.2. The van der Waals surface area contributed by atoms with Crippen LogP contribution in [-0.2, 0) is 0 Å². The number of anilines is 1. The first kappa shape index (κ1) is 17.8. The minimum Gasteiger partial charge on any atom is -0.365 e. The second-order valence-corrected chi connectivity index (χ2v) is 6.98. The highest BCUT2D eigenvalue weighted by atomic mass is 32.1. The second-order valence-electron chi connectivity index (χ2n) is 6.09. The Morgan fingerprint density at radius 1 is 1.27 bits per heavy atom. The number of nitrogens with two attached hydrogens (primary N) is 1. The number of hydrogen-bond donors (Lipinski definition) is 1. The molecular formula is C18H18N4O3S. The Kier molecular flexibility index (Phi) is 5.13. The quantitative estimate of drug-likeness (QED) is 0.718. The molecule has 134 valence electrons. The predicted molar refractivity (Wildman–Crippen MR) is 99.1 cm³/mol. The highest BCUT2D eigenvalue weighted by Crippen LogP contribution is 2.33. The lowest BCUT2D eigenvalue weighted by Gasteiger charge is -2.22. The SMILES string of the molecule is CC(C)CN(C(=O)c1ccccc1)c1onc(-c2nccs2)c1C(N)=O. The van der Waals surface area contributed by atoms with E-state index in [1.807, 2.05) is 19.9 Å². The van der Waals surface area contributed by atoms with Crippen molar-refractivity contribution in [1.82, 2.24) is 10.1 Å². The molecule has 2 heterocycles. The summed E-state index contributed by atoms with van der Waals surface area (Å²) in [6.07, 6.45) is 1.60. The van der Waals surface area contributed by atoms with Crippen LogP contribution in [0, 0.1) is 5.92 Å². The molecule has 0 spiro atoms. The van der Waals surface area contributed by atoms with Crippen molar-refractivity contribution in [2.45, 2.75) is 13.8 Å². The Morgan fingerprint density at radius 2 is 2.00 bits per heavy atom. The van der Waals surface area contributed by atoms with Crippen molar-refractivity contribution in [1.29, 1.82) is 0 Å². The smallest absolute Gasteiger partial charge is 0.260 e. The molecule has 2 N–H and O–H groups in total. The van der Waals surface area contributed by atoms with Crippen LogP contribution in [0.3, 0.4) is 0 Å². The summed E-state index contributed by atoms with van der Waals surface area (Å²) < 4.78 is 5.41. The highest BCUT2D eigenvalue weighted by Gasteiger charge is 2.31. The van der Waals surface area contributed by atoms with Gasteiger partial charge in [0.15, 0.2) is 5.69 Å². The third kappa shape index (κ3) is 3.50. The topological polar surface area (TPSA) is 102 Å². The molecule has 0 aliphatic carbocycles. The van der Waals surface area contributed by atoms with Crippen molar-refractivity contribution in [2.75, 3.05) is 11.4 Å². The van der Waals surface area contributed by atoms with E-state index in [1.54, 1.807) is 35.8 Å². The Labute approximate surface area is 154 Å². The number of aromatic nitrogens is 2. The monoisotopic (exact) mass is 370 g/mol. The molecular weight excluding hydrogens is 352 g/mol. The molecule has 0 saturated heterocycles. The molecule has 0 aliphatic rings. The lowest BCUT2D eigenvalue weighted by molar-refractivity contribution is 0.0977. The number of rotatable bonds is 6. The lowest BCUT2D eigenvalue weighted by atomic mass is 10.1. The molecule has 2 amide bonds. The maximum atomic E-state index is 13.0. The first-order valence-electron chi connectivity index (χ1n) is 8.05. The summed E-state index contributed by atoms with van der Waals surface area (Å²) in [5, 5.41) is 6.23. The molecule has 7 nitrogen and oxygen atoms in total. The third-order valence-electron chi connectivity index (χ3n) is 3.61. The molecule has 0 bridgehead atoms. The van der Waals surface area contributed by atoms with Crippen LogP contribution in [0.1, 0.15) is 34.6 Å². The van der Waals surface area contributed by atoms with Gasteiger partial charge in [-0.2, -0.15) is 0 Å². The van der Waals surface area contributed by atoms with E-state index in [0.717, 1.165) is 0 Å². The van der Waals surface area contributed by atoms with E-state index in [9.17, 15) is 9.59 Å². The summed E-state index contributed by atoms with van der Waals surface area (Å²) in [6.45, 7) is 4.28. The number of primary amides is 1. The van der Waals surface area contributed by atoms with Gasteiger partial charge in [-0.1, -0.05) is 37.2 Å². The molecule has 8 heteroatoms. The first-order valence-corrected chi connectivity index (χ1v) is 8.93. The van der Waals surface area contributed by atoms with Crippen molar-refractivity contribution in [3.63, 3.8) is 0 Å². The largest absolute Gasteiger partial charge is 0.365 e. The van der Waals surface area contributed by atoms with Crippen LogP contribution in [0.2, 0.25) is 0 Å². The van der Waals surface area contributed by atoms with Crippen molar-refractivity contribution in [2.24, 2.45) is 11.7 Å². The zero-order valence-electron chi connectivity index (χ0n) is 14.4. The summed E-state index contributed by atoms with van der Waals surface area (Å²) in [4.78, 5) is 30.7. The standard InChI is InChI=1S/C18H18N4O3S/c1-11(2)10-22(17(24)12-6-4-3-5-7-12)18-13(15(19)23)14(21-25-18)16-20-8-9-26-16/h3-9,11H,10H2,1-2H3,(H2,19,23). The average Bonchev–Trinajstić information content (AvgIpc) is 3.28. The Hall–Kier alpha value is -3.00. The number of thiazole rings is 1. The highest BCUT2D eigenvalue weighted by molar-refractivity contribution is 7.13. The molecule has 2 aromatic heterocycles. The molecule has 0 atom stereocenters. The number of carbonyl (C=O) groups is 2. The molecule has 3 rings (SSSR count). The van der Waals surface area contributed by atoms with Gasteiger partial charge in [-0.3, -0.25) is 14.5 Å². The summed E-state index contributed by atoms with van der Waals surface area (Å²) in [5.74, 6) is -0.827. The van der Waals surface area contributed by atoms with Crippen LogP contribution in [0.25, 0.3) is 10.7 Å². The van der Waals surface area contributed by atoms with Gasteiger partial charge in [0, 0.05) is 23.7 Å². The maximum Gasteiger partial charge on any atom is 0.260 e. The number of benzene rings is 1. The van der Waals surface area contributed by atoms with E-state index < -0.39 is 5.91 Å². The van der Waals surface area contributed by atoms with Crippen molar-refractivity contribution < 1.29 is 14.1 Å².